The predicted octanol–water partition coefficient (Wildman–Crippen LogP) is 5.46. The highest BCUT2D eigenvalue weighted by molar-refractivity contribution is 6.33. The topological polar surface area (TPSA) is 50.3 Å². The maximum Gasteiger partial charge on any atom is 0.224 e. The van der Waals surface area contributed by atoms with Gasteiger partial charge in [0.2, 0.25) is 5.28 Å². The number of hydrogen-bond donors (Lipinski definition) is 1. The molecule has 156 valence electrons. The number of anilines is 3. The van der Waals surface area contributed by atoms with E-state index in [1.165, 1.54) is 28.6 Å². The molecule has 0 radical (unpaired) electrons. The van der Waals surface area contributed by atoms with Crippen molar-refractivity contribution >= 4 is 40.4 Å². The highest BCUT2D eigenvalue weighted by Crippen LogP contribution is 2.27. The quantitative estimate of drug-likeness (QED) is 0.513. The van der Waals surface area contributed by atoms with E-state index in [1.807, 2.05) is 12.1 Å². The van der Waals surface area contributed by atoms with Crippen LogP contribution in [0.5, 0.6) is 0 Å². The maximum atomic E-state index is 6.17. The Balaban J connectivity index is 1.48. The Morgan fingerprint density at radius 2 is 1.90 bits per heavy atom. The van der Waals surface area contributed by atoms with E-state index in [2.05, 4.69) is 57.4 Å². The number of aromatic nitrogens is 2. The molecule has 1 aromatic heterocycles. The molecule has 7 heteroatoms. The first kappa shape index (κ1) is 20.9. The summed E-state index contributed by atoms with van der Waals surface area (Å²) >= 11 is 12.1. The fourth-order valence-corrected chi connectivity index (χ4v) is 3.91. The minimum absolute atomic E-state index is 0.160. The van der Waals surface area contributed by atoms with Gasteiger partial charge in [-0.15, -0.1) is 0 Å². The van der Waals surface area contributed by atoms with Crippen LogP contribution in [-0.2, 0) is 17.6 Å². The van der Waals surface area contributed by atoms with E-state index < -0.39 is 0 Å². The van der Waals surface area contributed by atoms with E-state index in [1.54, 1.807) is 0 Å². The zero-order valence-electron chi connectivity index (χ0n) is 16.9. The van der Waals surface area contributed by atoms with Crippen LogP contribution in [0, 0.1) is 6.92 Å². The van der Waals surface area contributed by atoms with Crippen LogP contribution >= 0.6 is 23.2 Å². The third-order valence-electron chi connectivity index (χ3n) is 5.18. The lowest BCUT2D eigenvalue weighted by molar-refractivity contribution is 0.122. The Kier molecular flexibility index (Phi) is 6.72. The van der Waals surface area contributed by atoms with Gasteiger partial charge in [0.25, 0.3) is 0 Å². The number of nitrogens with one attached hydrogen (secondary N) is 1. The molecule has 1 saturated heterocycles. The lowest BCUT2D eigenvalue weighted by atomic mass is 10.00. The smallest absolute Gasteiger partial charge is 0.224 e. The summed E-state index contributed by atoms with van der Waals surface area (Å²) in [5, 5.41) is 3.82. The second kappa shape index (κ2) is 9.65. The average molecular weight is 443 g/mol. The summed E-state index contributed by atoms with van der Waals surface area (Å²) in [4.78, 5) is 10.5. The molecule has 1 N–H and O–H groups in total. The average Bonchev–Trinajstić information content (AvgIpc) is 2.76. The summed E-state index contributed by atoms with van der Waals surface area (Å²) in [6, 6.07) is 15.0. The van der Waals surface area contributed by atoms with Crippen LogP contribution in [0.25, 0.3) is 0 Å². The van der Waals surface area contributed by atoms with Crippen LogP contribution < -0.4 is 10.2 Å². The molecule has 3 aromatic rings. The second-order valence-corrected chi connectivity index (χ2v) is 8.14. The summed E-state index contributed by atoms with van der Waals surface area (Å²) in [6.07, 6.45) is 3.40. The molecule has 1 aliphatic rings. The van der Waals surface area contributed by atoms with Gasteiger partial charge in [0.1, 0.15) is 5.02 Å². The molecule has 0 bridgehead atoms. The molecule has 0 saturated carbocycles. The van der Waals surface area contributed by atoms with Crippen molar-refractivity contribution < 1.29 is 4.74 Å². The third-order valence-corrected chi connectivity index (χ3v) is 5.64. The van der Waals surface area contributed by atoms with Gasteiger partial charge in [0.15, 0.2) is 5.82 Å². The van der Waals surface area contributed by atoms with Gasteiger partial charge in [-0.1, -0.05) is 35.9 Å². The largest absolute Gasteiger partial charge is 0.378 e. The molecule has 2 aromatic carbocycles. The minimum Gasteiger partial charge on any atom is -0.378 e. The van der Waals surface area contributed by atoms with Gasteiger partial charge >= 0.3 is 0 Å². The maximum absolute atomic E-state index is 6.17. The second-order valence-electron chi connectivity index (χ2n) is 7.39. The first-order valence-corrected chi connectivity index (χ1v) is 10.8. The molecule has 0 unspecified atom stereocenters. The van der Waals surface area contributed by atoms with Crippen molar-refractivity contribution in [3.63, 3.8) is 0 Å². The van der Waals surface area contributed by atoms with Crippen LogP contribution in [0.15, 0.2) is 48.7 Å². The zero-order chi connectivity index (χ0) is 20.9. The van der Waals surface area contributed by atoms with E-state index in [4.69, 9.17) is 27.9 Å². The molecule has 4 rings (SSSR count). The highest BCUT2D eigenvalue weighted by Gasteiger charge is 2.15. The Morgan fingerprint density at radius 3 is 2.73 bits per heavy atom. The van der Waals surface area contributed by atoms with Crippen LogP contribution in [0.4, 0.5) is 17.2 Å². The van der Waals surface area contributed by atoms with Gasteiger partial charge in [-0.3, -0.25) is 0 Å². The number of benzene rings is 2. The van der Waals surface area contributed by atoms with Crippen molar-refractivity contribution in [2.24, 2.45) is 0 Å². The van der Waals surface area contributed by atoms with Gasteiger partial charge in [-0.25, -0.2) is 4.98 Å². The lowest BCUT2D eigenvalue weighted by Gasteiger charge is -2.31. The first-order valence-electron chi connectivity index (χ1n) is 10.0. The number of halogens is 2. The number of aryl methyl sites for hydroxylation is 3. The highest BCUT2D eigenvalue weighted by atomic mass is 35.5. The van der Waals surface area contributed by atoms with Crippen LogP contribution in [0.1, 0.15) is 16.7 Å². The van der Waals surface area contributed by atoms with Crippen molar-refractivity contribution in [3.05, 3.63) is 75.7 Å². The van der Waals surface area contributed by atoms with Crippen molar-refractivity contribution in [3.8, 4) is 0 Å². The summed E-state index contributed by atoms with van der Waals surface area (Å²) in [6.45, 7) is 5.61. The van der Waals surface area contributed by atoms with Crippen molar-refractivity contribution in [2.75, 3.05) is 36.5 Å². The molecule has 0 spiro atoms. The van der Waals surface area contributed by atoms with Crippen LogP contribution in [0.3, 0.4) is 0 Å². The van der Waals surface area contributed by atoms with E-state index in [0.717, 1.165) is 44.8 Å². The van der Waals surface area contributed by atoms with Gasteiger partial charge < -0.3 is 15.0 Å². The molecule has 1 aliphatic heterocycles. The summed E-state index contributed by atoms with van der Waals surface area (Å²) in [5.41, 5.74) is 6.14. The zero-order valence-corrected chi connectivity index (χ0v) is 18.4. The molecule has 5 nitrogen and oxygen atoms in total. The minimum atomic E-state index is 0.160. The van der Waals surface area contributed by atoms with Gasteiger partial charge in [0.05, 0.1) is 19.4 Å². The van der Waals surface area contributed by atoms with Gasteiger partial charge in [-0.2, -0.15) is 4.98 Å². The fraction of sp³-hybridized carbons (Fsp3) is 0.304. The third kappa shape index (κ3) is 5.22. The molecule has 30 heavy (non-hydrogen) atoms. The standard InChI is InChI=1S/C23H24Cl2N4O/c1-16-5-7-18(21(13-16)29-9-11-30-12-10-29)8-6-17-3-2-4-19(14-17)27-22-20(24)15-26-23(25)28-22/h2-5,7,13-15H,6,8-12H2,1H3,(H,26,27,28). The Labute approximate surface area is 187 Å². The molecule has 2 heterocycles. The molecule has 0 aliphatic carbocycles. The van der Waals surface area contributed by atoms with Gasteiger partial charge in [-0.05, 0) is 66.3 Å². The number of hydrogen-bond acceptors (Lipinski definition) is 5. The van der Waals surface area contributed by atoms with Crippen molar-refractivity contribution in [2.45, 2.75) is 19.8 Å². The Hall–Kier alpha value is -2.34. The normalized spacial score (nSPS) is 14.0. The lowest BCUT2D eigenvalue weighted by Crippen LogP contribution is -2.36. The first-order chi connectivity index (χ1) is 14.6. The van der Waals surface area contributed by atoms with Gasteiger partial charge in [0, 0.05) is 24.5 Å². The fourth-order valence-electron chi connectivity index (χ4n) is 3.64. The van der Waals surface area contributed by atoms with Crippen molar-refractivity contribution in [1.82, 2.24) is 9.97 Å². The summed E-state index contributed by atoms with van der Waals surface area (Å²) in [5.74, 6) is 0.502. The number of morpholine rings is 1. The molecular formula is C23H24Cl2N4O. The molecule has 0 atom stereocenters. The van der Waals surface area contributed by atoms with E-state index >= 15 is 0 Å². The van der Waals surface area contributed by atoms with Crippen molar-refractivity contribution in [1.29, 1.82) is 0 Å². The van der Waals surface area contributed by atoms with E-state index in [0.29, 0.717) is 10.8 Å². The predicted molar refractivity (Wildman–Crippen MR) is 123 cm³/mol. The molecular weight excluding hydrogens is 419 g/mol. The van der Waals surface area contributed by atoms with E-state index in [9.17, 15) is 0 Å². The molecule has 0 amide bonds. The summed E-state index contributed by atoms with van der Waals surface area (Å²) in [7, 11) is 0. The number of rotatable bonds is 6. The van der Waals surface area contributed by atoms with E-state index in [-0.39, 0.29) is 5.28 Å². The molecule has 1 fully saturated rings. The SMILES string of the molecule is Cc1ccc(CCc2cccc(Nc3nc(Cl)ncc3Cl)c2)c(N2CCOCC2)c1. The monoisotopic (exact) mass is 442 g/mol. The Morgan fingerprint density at radius 1 is 1.07 bits per heavy atom. The van der Waals surface area contributed by atoms with Crippen LogP contribution in [-0.4, -0.2) is 36.3 Å². The summed E-state index contributed by atoms with van der Waals surface area (Å²) < 4.78 is 5.52. The van der Waals surface area contributed by atoms with Crippen LogP contribution in [0.2, 0.25) is 10.3 Å². The Bertz CT molecular complexity index is 1020. The number of ether oxygens (including phenoxy) is 1. The number of nitrogens with zero attached hydrogens (tertiary/aromatic N) is 3.